The van der Waals surface area contributed by atoms with Crippen molar-refractivity contribution in [2.75, 3.05) is 5.32 Å². The smallest absolute Gasteiger partial charge is 0.226 e. The van der Waals surface area contributed by atoms with E-state index in [4.69, 9.17) is 0 Å². The maximum atomic E-state index is 12.3. The van der Waals surface area contributed by atoms with Crippen LogP contribution in [-0.4, -0.2) is 20.8 Å². The second-order valence-corrected chi connectivity index (χ2v) is 6.55. The Labute approximate surface area is 145 Å². The van der Waals surface area contributed by atoms with Crippen molar-refractivity contribution in [1.82, 2.24) is 9.78 Å². The van der Waals surface area contributed by atoms with E-state index in [0.29, 0.717) is 12.2 Å². The number of hydrogen-bond acceptors (Lipinski definition) is 3. The second kappa shape index (κ2) is 5.77. The van der Waals surface area contributed by atoms with Crippen molar-refractivity contribution in [1.29, 1.82) is 0 Å². The number of anilines is 1. The molecule has 1 unspecified atom stereocenters. The lowest BCUT2D eigenvalue weighted by molar-refractivity contribution is -0.116. The molecule has 0 aliphatic carbocycles. The lowest BCUT2D eigenvalue weighted by atomic mass is 9.87. The van der Waals surface area contributed by atoms with Crippen LogP contribution in [0.4, 0.5) is 5.82 Å². The van der Waals surface area contributed by atoms with Gasteiger partial charge < -0.3 is 10.4 Å². The Morgan fingerprint density at radius 2 is 2.04 bits per heavy atom. The molecule has 25 heavy (non-hydrogen) atoms. The number of fused-ring (bicyclic) bond motifs is 1. The van der Waals surface area contributed by atoms with E-state index in [1.165, 1.54) is 0 Å². The summed E-state index contributed by atoms with van der Waals surface area (Å²) in [6, 6.07) is 13.2. The van der Waals surface area contributed by atoms with Gasteiger partial charge in [0.25, 0.3) is 0 Å². The average molecular weight is 333 g/mol. The van der Waals surface area contributed by atoms with Gasteiger partial charge in [0.15, 0.2) is 0 Å². The molecule has 0 saturated carbocycles. The Morgan fingerprint density at radius 1 is 1.20 bits per heavy atom. The number of nitrogens with zero attached hydrogens (tertiary/aromatic N) is 2. The number of hydrogen-bond donors (Lipinski definition) is 2. The first-order valence-electron chi connectivity index (χ1n) is 8.27. The number of amides is 1. The fourth-order valence-corrected chi connectivity index (χ4v) is 3.39. The summed E-state index contributed by atoms with van der Waals surface area (Å²) < 4.78 is 1.80. The molecule has 3 aromatic rings. The van der Waals surface area contributed by atoms with E-state index in [0.717, 1.165) is 27.9 Å². The van der Waals surface area contributed by atoms with Crippen molar-refractivity contribution in [3.8, 4) is 11.4 Å². The van der Waals surface area contributed by atoms with Crippen molar-refractivity contribution in [3.05, 3.63) is 70.9 Å². The highest BCUT2D eigenvalue weighted by Crippen LogP contribution is 2.39. The van der Waals surface area contributed by atoms with Crippen LogP contribution in [0.3, 0.4) is 0 Å². The summed E-state index contributed by atoms with van der Waals surface area (Å²) in [6.45, 7) is 4.06. The van der Waals surface area contributed by atoms with Gasteiger partial charge in [-0.05, 0) is 48.7 Å². The normalized spacial score (nSPS) is 16.4. The molecular formula is C20H19N3O2. The molecule has 1 aliphatic heterocycles. The van der Waals surface area contributed by atoms with Gasteiger partial charge in [0, 0.05) is 17.9 Å². The summed E-state index contributed by atoms with van der Waals surface area (Å²) in [5, 5.41) is 17.3. The van der Waals surface area contributed by atoms with E-state index in [2.05, 4.69) is 28.6 Å². The van der Waals surface area contributed by atoms with E-state index in [9.17, 15) is 9.90 Å². The average Bonchev–Trinajstić information content (AvgIpc) is 3.00. The molecule has 0 bridgehead atoms. The third kappa shape index (κ3) is 2.67. The van der Waals surface area contributed by atoms with Crippen LogP contribution in [0.1, 0.15) is 34.6 Å². The number of aromatic hydroxyl groups is 1. The molecule has 2 heterocycles. The topological polar surface area (TPSA) is 67.2 Å². The van der Waals surface area contributed by atoms with Gasteiger partial charge in [0.05, 0.1) is 11.9 Å². The van der Waals surface area contributed by atoms with E-state index >= 15 is 0 Å². The summed E-state index contributed by atoms with van der Waals surface area (Å²) in [4.78, 5) is 12.3. The summed E-state index contributed by atoms with van der Waals surface area (Å²) >= 11 is 0. The first-order valence-corrected chi connectivity index (χ1v) is 8.27. The Morgan fingerprint density at radius 3 is 2.84 bits per heavy atom. The van der Waals surface area contributed by atoms with Crippen LogP contribution in [-0.2, 0) is 4.79 Å². The predicted octanol–water partition coefficient (Wildman–Crippen LogP) is 3.67. The molecule has 1 aromatic heterocycles. The van der Waals surface area contributed by atoms with Gasteiger partial charge in [-0.15, -0.1) is 0 Å². The number of carbonyl (C=O) groups excluding carboxylic acids is 1. The highest BCUT2D eigenvalue weighted by Gasteiger charge is 2.30. The molecule has 0 saturated heterocycles. The maximum absolute atomic E-state index is 12.3. The van der Waals surface area contributed by atoms with Crippen molar-refractivity contribution in [2.24, 2.45) is 0 Å². The van der Waals surface area contributed by atoms with Crippen LogP contribution in [0.15, 0.2) is 48.7 Å². The van der Waals surface area contributed by atoms with Gasteiger partial charge in [-0.1, -0.05) is 24.3 Å². The largest absolute Gasteiger partial charge is 0.508 e. The summed E-state index contributed by atoms with van der Waals surface area (Å²) in [6.07, 6.45) is 2.15. The molecule has 0 radical (unpaired) electrons. The Hall–Kier alpha value is -3.08. The van der Waals surface area contributed by atoms with Crippen molar-refractivity contribution in [2.45, 2.75) is 26.2 Å². The third-order valence-corrected chi connectivity index (χ3v) is 4.69. The van der Waals surface area contributed by atoms with E-state index in [1.807, 2.05) is 26.1 Å². The fraction of sp³-hybridized carbons (Fsp3) is 0.200. The quantitative estimate of drug-likeness (QED) is 0.752. The van der Waals surface area contributed by atoms with Gasteiger partial charge in [0.1, 0.15) is 11.6 Å². The Kier molecular flexibility index (Phi) is 3.57. The minimum absolute atomic E-state index is 0.0482. The molecule has 5 heteroatoms. The van der Waals surface area contributed by atoms with Crippen LogP contribution in [0.25, 0.3) is 5.69 Å². The van der Waals surface area contributed by atoms with Crippen LogP contribution in [0.2, 0.25) is 0 Å². The first kappa shape index (κ1) is 15.4. The lowest BCUT2D eigenvalue weighted by Crippen LogP contribution is -2.24. The zero-order chi connectivity index (χ0) is 17.6. The Balaban J connectivity index is 1.86. The SMILES string of the molecule is Cc1ccc(C)c(-n2ncc3c2NC(=O)CC3c2cccc(O)c2)c1. The second-order valence-electron chi connectivity index (χ2n) is 6.55. The predicted molar refractivity (Wildman–Crippen MR) is 96.2 cm³/mol. The monoisotopic (exact) mass is 333 g/mol. The van der Waals surface area contributed by atoms with Crippen molar-refractivity contribution < 1.29 is 9.90 Å². The van der Waals surface area contributed by atoms with Gasteiger partial charge >= 0.3 is 0 Å². The van der Waals surface area contributed by atoms with E-state index in [-0.39, 0.29) is 17.6 Å². The number of nitrogens with one attached hydrogen (secondary N) is 1. The minimum Gasteiger partial charge on any atom is -0.508 e. The number of carbonyl (C=O) groups is 1. The zero-order valence-electron chi connectivity index (χ0n) is 14.2. The molecule has 1 amide bonds. The molecule has 5 nitrogen and oxygen atoms in total. The molecular weight excluding hydrogens is 314 g/mol. The molecule has 126 valence electrons. The van der Waals surface area contributed by atoms with Gasteiger partial charge in [-0.3, -0.25) is 4.79 Å². The highest BCUT2D eigenvalue weighted by molar-refractivity contribution is 5.94. The minimum atomic E-state index is -0.116. The van der Waals surface area contributed by atoms with E-state index < -0.39 is 0 Å². The molecule has 0 spiro atoms. The number of aryl methyl sites for hydroxylation is 2. The van der Waals surface area contributed by atoms with Crippen LogP contribution in [0, 0.1) is 13.8 Å². The summed E-state index contributed by atoms with van der Waals surface area (Å²) in [5.74, 6) is 0.743. The number of phenols is 1. The van der Waals surface area contributed by atoms with Crippen molar-refractivity contribution >= 4 is 11.7 Å². The van der Waals surface area contributed by atoms with E-state index in [1.54, 1.807) is 22.9 Å². The van der Waals surface area contributed by atoms with Gasteiger partial charge in [-0.25, -0.2) is 4.68 Å². The van der Waals surface area contributed by atoms with Crippen LogP contribution < -0.4 is 5.32 Å². The molecule has 2 aromatic carbocycles. The molecule has 0 fully saturated rings. The number of benzene rings is 2. The maximum Gasteiger partial charge on any atom is 0.226 e. The summed E-state index contributed by atoms with van der Waals surface area (Å²) in [7, 11) is 0. The van der Waals surface area contributed by atoms with Gasteiger partial charge in [0.2, 0.25) is 5.91 Å². The first-order chi connectivity index (χ1) is 12.0. The Bertz CT molecular complexity index is 975. The lowest BCUT2D eigenvalue weighted by Gasteiger charge is -2.24. The van der Waals surface area contributed by atoms with Crippen molar-refractivity contribution in [3.63, 3.8) is 0 Å². The number of aromatic nitrogens is 2. The summed E-state index contributed by atoms with van der Waals surface area (Å²) in [5.41, 5.74) is 5.06. The number of phenolic OH excluding ortho intramolecular Hbond substituents is 1. The van der Waals surface area contributed by atoms with Crippen LogP contribution in [0.5, 0.6) is 5.75 Å². The van der Waals surface area contributed by atoms with Gasteiger partial charge in [-0.2, -0.15) is 5.10 Å². The molecule has 4 rings (SSSR count). The standard InChI is InChI=1S/C20H19N3O2/c1-12-6-7-13(2)18(8-12)23-20-17(11-21-23)16(10-19(25)22-20)14-4-3-5-15(24)9-14/h3-9,11,16,24H,10H2,1-2H3,(H,22,25). The molecule has 2 N–H and O–H groups in total. The van der Waals surface area contributed by atoms with Crippen LogP contribution >= 0.6 is 0 Å². The third-order valence-electron chi connectivity index (χ3n) is 4.69. The number of rotatable bonds is 2. The fourth-order valence-electron chi connectivity index (χ4n) is 3.39. The molecule has 1 atom stereocenters. The molecule has 1 aliphatic rings. The highest BCUT2D eigenvalue weighted by atomic mass is 16.3. The zero-order valence-corrected chi connectivity index (χ0v) is 14.2.